The third-order valence-corrected chi connectivity index (χ3v) is 3.45. The van der Waals surface area contributed by atoms with E-state index in [9.17, 15) is 0 Å². The van der Waals surface area contributed by atoms with Crippen molar-refractivity contribution in [2.45, 2.75) is 20.4 Å². The zero-order valence-corrected chi connectivity index (χ0v) is 12.1. The van der Waals surface area contributed by atoms with Crippen LogP contribution in [0.25, 0.3) is 0 Å². The Balaban J connectivity index is 2.72. The zero-order valence-electron chi connectivity index (χ0n) is 10.6. The lowest BCUT2D eigenvalue weighted by molar-refractivity contribution is 0.210. The van der Waals surface area contributed by atoms with Gasteiger partial charge in [-0.05, 0) is 31.1 Å². The van der Waals surface area contributed by atoms with Crippen LogP contribution in [0.2, 0.25) is 10.0 Å². The number of benzene rings is 1. The van der Waals surface area contributed by atoms with Gasteiger partial charge in [-0.3, -0.25) is 0 Å². The molecule has 0 bridgehead atoms. The Morgan fingerprint density at radius 1 is 1.24 bits per heavy atom. The summed E-state index contributed by atoms with van der Waals surface area (Å²) in [6.45, 7) is 6.61. The molecule has 2 nitrogen and oxygen atoms in total. The molecule has 0 aromatic heterocycles. The molecule has 0 fully saturated rings. The summed E-state index contributed by atoms with van der Waals surface area (Å²) in [6, 6.07) is 5.59. The first-order valence-electron chi connectivity index (χ1n) is 5.67. The molecule has 0 aliphatic carbocycles. The average molecular weight is 275 g/mol. The first kappa shape index (κ1) is 14.8. The van der Waals surface area contributed by atoms with Gasteiger partial charge in [-0.25, -0.2) is 0 Å². The van der Waals surface area contributed by atoms with Crippen molar-refractivity contribution in [2.75, 3.05) is 20.1 Å². The van der Waals surface area contributed by atoms with E-state index in [0.717, 1.165) is 28.7 Å². The minimum Gasteiger partial charge on any atom is -0.330 e. The normalized spacial score (nSPS) is 12.2. The van der Waals surface area contributed by atoms with E-state index in [1.807, 2.05) is 18.2 Å². The van der Waals surface area contributed by atoms with Crippen molar-refractivity contribution < 1.29 is 0 Å². The minimum atomic E-state index is 0.0997. The lowest BCUT2D eigenvalue weighted by Gasteiger charge is -2.29. The summed E-state index contributed by atoms with van der Waals surface area (Å²) in [5.74, 6) is 0. The summed E-state index contributed by atoms with van der Waals surface area (Å²) in [5.41, 5.74) is 6.81. The second kappa shape index (κ2) is 6.05. The van der Waals surface area contributed by atoms with E-state index in [0.29, 0.717) is 6.54 Å². The summed E-state index contributed by atoms with van der Waals surface area (Å²) < 4.78 is 0. The molecule has 1 aromatic carbocycles. The molecular formula is C13H20Cl2N2. The molecule has 0 aliphatic heterocycles. The zero-order chi connectivity index (χ0) is 13.1. The molecule has 0 atom stereocenters. The van der Waals surface area contributed by atoms with E-state index in [1.165, 1.54) is 0 Å². The molecule has 1 aromatic rings. The molecule has 0 saturated carbocycles. The van der Waals surface area contributed by atoms with Crippen LogP contribution in [0.4, 0.5) is 0 Å². The monoisotopic (exact) mass is 274 g/mol. The molecule has 0 heterocycles. The smallest absolute Gasteiger partial charge is 0.0465 e. The van der Waals surface area contributed by atoms with Gasteiger partial charge in [-0.2, -0.15) is 0 Å². The lowest BCUT2D eigenvalue weighted by Crippen LogP contribution is -2.36. The van der Waals surface area contributed by atoms with Crippen LogP contribution in [0.5, 0.6) is 0 Å². The van der Waals surface area contributed by atoms with E-state index in [1.54, 1.807) is 0 Å². The maximum atomic E-state index is 6.14. The fraction of sp³-hybridized carbons (Fsp3) is 0.538. The van der Waals surface area contributed by atoms with E-state index < -0.39 is 0 Å². The molecule has 2 N–H and O–H groups in total. The standard InChI is InChI=1S/C13H20Cl2N2/c1-13(2,8-16)9-17(3)7-10-11(14)5-4-6-12(10)15/h4-6H,7-9,16H2,1-3H3. The molecule has 96 valence electrons. The van der Waals surface area contributed by atoms with E-state index >= 15 is 0 Å². The first-order chi connectivity index (χ1) is 7.85. The SMILES string of the molecule is CN(Cc1c(Cl)cccc1Cl)CC(C)(C)CN. The van der Waals surface area contributed by atoms with Crippen molar-refractivity contribution >= 4 is 23.2 Å². The predicted octanol–water partition coefficient (Wildman–Crippen LogP) is 3.41. The highest BCUT2D eigenvalue weighted by molar-refractivity contribution is 6.35. The third-order valence-electron chi connectivity index (χ3n) is 2.74. The van der Waals surface area contributed by atoms with Gasteiger partial charge >= 0.3 is 0 Å². The van der Waals surface area contributed by atoms with E-state index in [-0.39, 0.29) is 5.41 Å². The maximum Gasteiger partial charge on any atom is 0.0465 e. The molecule has 0 radical (unpaired) electrons. The van der Waals surface area contributed by atoms with Crippen LogP contribution >= 0.6 is 23.2 Å². The highest BCUT2D eigenvalue weighted by Crippen LogP contribution is 2.26. The Morgan fingerprint density at radius 3 is 2.24 bits per heavy atom. The molecule has 0 aliphatic rings. The second-order valence-corrected chi connectivity index (χ2v) is 6.06. The third kappa shape index (κ3) is 4.47. The van der Waals surface area contributed by atoms with E-state index in [2.05, 4.69) is 25.8 Å². The summed E-state index contributed by atoms with van der Waals surface area (Å²) in [5, 5.41) is 1.44. The molecule has 1 rings (SSSR count). The van der Waals surface area contributed by atoms with Crippen LogP contribution in [0, 0.1) is 5.41 Å². The Bertz CT molecular complexity index is 357. The van der Waals surface area contributed by atoms with Crippen molar-refractivity contribution in [2.24, 2.45) is 11.1 Å². The van der Waals surface area contributed by atoms with Crippen LogP contribution in [0.15, 0.2) is 18.2 Å². The van der Waals surface area contributed by atoms with Gasteiger partial charge in [-0.1, -0.05) is 43.1 Å². The van der Waals surface area contributed by atoms with Gasteiger partial charge < -0.3 is 10.6 Å². The molecular weight excluding hydrogens is 255 g/mol. The van der Waals surface area contributed by atoms with Crippen molar-refractivity contribution in [3.05, 3.63) is 33.8 Å². The topological polar surface area (TPSA) is 29.3 Å². The Kier molecular flexibility index (Phi) is 5.26. The summed E-state index contributed by atoms with van der Waals surface area (Å²) in [6.07, 6.45) is 0. The number of nitrogens with zero attached hydrogens (tertiary/aromatic N) is 1. The Labute approximate surface area is 114 Å². The van der Waals surface area contributed by atoms with Crippen LogP contribution in [-0.4, -0.2) is 25.0 Å². The number of hydrogen-bond donors (Lipinski definition) is 1. The van der Waals surface area contributed by atoms with Gasteiger partial charge in [0, 0.05) is 28.7 Å². The second-order valence-electron chi connectivity index (χ2n) is 5.24. The van der Waals surface area contributed by atoms with Crippen molar-refractivity contribution in [1.29, 1.82) is 0 Å². The van der Waals surface area contributed by atoms with Gasteiger partial charge in [0.1, 0.15) is 0 Å². The van der Waals surface area contributed by atoms with Gasteiger partial charge in [0.05, 0.1) is 0 Å². The van der Waals surface area contributed by atoms with Crippen molar-refractivity contribution in [1.82, 2.24) is 4.90 Å². The summed E-state index contributed by atoms with van der Waals surface area (Å²) in [4.78, 5) is 2.19. The summed E-state index contributed by atoms with van der Waals surface area (Å²) >= 11 is 12.3. The maximum absolute atomic E-state index is 6.14. The largest absolute Gasteiger partial charge is 0.330 e. The molecule has 4 heteroatoms. The Morgan fingerprint density at radius 2 is 1.76 bits per heavy atom. The molecule has 17 heavy (non-hydrogen) atoms. The molecule has 0 saturated heterocycles. The summed E-state index contributed by atoms with van der Waals surface area (Å²) in [7, 11) is 2.05. The van der Waals surface area contributed by atoms with Crippen molar-refractivity contribution in [3.8, 4) is 0 Å². The minimum absolute atomic E-state index is 0.0997. The fourth-order valence-electron chi connectivity index (χ4n) is 1.80. The molecule has 0 unspecified atom stereocenters. The van der Waals surface area contributed by atoms with Gasteiger partial charge in [0.25, 0.3) is 0 Å². The number of hydrogen-bond acceptors (Lipinski definition) is 2. The van der Waals surface area contributed by atoms with Crippen LogP contribution in [0.3, 0.4) is 0 Å². The molecule has 0 amide bonds. The number of nitrogens with two attached hydrogens (primary N) is 1. The fourth-order valence-corrected chi connectivity index (χ4v) is 2.32. The van der Waals surface area contributed by atoms with Gasteiger partial charge in [0.15, 0.2) is 0 Å². The quantitative estimate of drug-likeness (QED) is 0.892. The van der Waals surface area contributed by atoms with Crippen LogP contribution < -0.4 is 5.73 Å². The van der Waals surface area contributed by atoms with Crippen LogP contribution in [0.1, 0.15) is 19.4 Å². The van der Waals surface area contributed by atoms with Gasteiger partial charge in [-0.15, -0.1) is 0 Å². The number of rotatable bonds is 5. The lowest BCUT2D eigenvalue weighted by atomic mass is 9.93. The highest BCUT2D eigenvalue weighted by Gasteiger charge is 2.19. The first-order valence-corrected chi connectivity index (χ1v) is 6.43. The predicted molar refractivity (Wildman–Crippen MR) is 75.6 cm³/mol. The Hall–Kier alpha value is -0.280. The van der Waals surface area contributed by atoms with E-state index in [4.69, 9.17) is 28.9 Å². The van der Waals surface area contributed by atoms with Gasteiger partial charge in [0.2, 0.25) is 0 Å². The number of halogens is 2. The average Bonchev–Trinajstić information content (AvgIpc) is 2.23. The van der Waals surface area contributed by atoms with Crippen molar-refractivity contribution in [3.63, 3.8) is 0 Å². The highest BCUT2D eigenvalue weighted by atomic mass is 35.5. The van der Waals surface area contributed by atoms with Crippen LogP contribution in [-0.2, 0) is 6.54 Å². The molecule has 0 spiro atoms.